The molecule has 108 valence electrons. The van der Waals surface area contributed by atoms with Crippen LogP contribution in [0.1, 0.15) is 6.92 Å². The van der Waals surface area contributed by atoms with E-state index in [0.29, 0.717) is 30.7 Å². The third-order valence-corrected chi connectivity index (χ3v) is 3.41. The van der Waals surface area contributed by atoms with Crippen molar-refractivity contribution < 1.29 is 13.7 Å². The van der Waals surface area contributed by atoms with Crippen LogP contribution in [0.3, 0.4) is 0 Å². The molecule has 20 heavy (non-hydrogen) atoms. The summed E-state index contributed by atoms with van der Waals surface area (Å²) in [5, 5.41) is 8.03. The van der Waals surface area contributed by atoms with E-state index in [-0.39, 0.29) is 0 Å². The zero-order chi connectivity index (χ0) is 14.4. The van der Waals surface area contributed by atoms with Crippen LogP contribution in [0, 0.1) is 0 Å². The fraction of sp³-hybridized carbons (Fsp3) is 0.385. The number of hydrogen-bond acceptors (Lipinski definition) is 5. The van der Waals surface area contributed by atoms with Gasteiger partial charge in [-0.15, -0.1) is 10.2 Å². The molecule has 0 amide bonds. The van der Waals surface area contributed by atoms with Crippen LogP contribution in [0.25, 0.3) is 0 Å². The molecule has 0 aliphatic heterocycles. The van der Waals surface area contributed by atoms with Gasteiger partial charge in [0, 0.05) is 6.26 Å². The molecule has 0 aliphatic carbocycles. The van der Waals surface area contributed by atoms with Gasteiger partial charge in [-0.1, -0.05) is 12.1 Å². The van der Waals surface area contributed by atoms with Gasteiger partial charge in [0.2, 0.25) is 5.16 Å². The minimum Gasteiger partial charge on any atom is -0.490 e. The number of benzene rings is 1. The van der Waals surface area contributed by atoms with Crippen molar-refractivity contribution in [2.45, 2.75) is 18.6 Å². The van der Waals surface area contributed by atoms with E-state index in [1.165, 1.54) is 0 Å². The van der Waals surface area contributed by atoms with Crippen molar-refractivity contribution in [3.05, 3.63) is 30.6 Å². The highest BCUT2D eigenvalue weighted by molar-refractivity contribution is 7.84. The molecule has 0 N–H and O–H groups in total. The van der Waals surface area contributed by atoms with Crippen molar-refractivity contribution in [1.82, 2.24) is 14.8 Å². The number of para-hydroxylation sites is 2. The first kappa shape index (κ1) is 14.5. The first-order valence-electron chi connectivity index (χ1n) is 6.28. The van der Waals surface area contributed by atoms with Gasteiger partial charge in [0.15, 0.2) is 11.5 Å². The van der Waals surface area contributed by atoms with Gasteiger partial charge in [0.05, 0.1) is 24.0 Å². The second-order valence-electron chi connectivity index (χ2n) is 3.99. The zero-order valence-electron chi connectivity index (χ0n) is 11.5. The molecule has 7 heteroatoms. The Balaban J connectivity index is 1.96. The Kier molecular flexibility index (Phi) is 5.11. The van der Waals surface area contributed by atoms with Gasteiger partial charge < -0.3 is 14.0 Å². The normalized spacial score (nSPS) is 12.1. The first-order chi connectivity index (χ1) is 9.72. The Hall–Kier alpha value is -1.89. The van der Waals surface area contributed by atoms with Gasteiger partial charge in [-0.3, -0.25) is 4.21 Å². The van der Waals surface area contributed by atoms with E-state index in [1.807, 2.05) is 31.2 Å². The molecule has 0 unspecified atom stereocenters. The molecule has 6 nitrogen and oxygen atoms in total. The molecule has 2 rings (SSSR count). The fourth-order valence-electron chi connectivity index (χ4n) is 1.72. The molecule has 0 saturated heterocycles. The lowest BCUT2D eigenvalue weighted by Crippen LogP contribution is -2.11. The summed E-state index contributed by atoms with van der Waals surface area (Å²) >= 11 is 0. The predicted molar refractivity (Wildman–Crippen MR) is 75.5 cm³/mol. The van der Waals surface area contributed by atoms with Crippen LogP contribution in [0.4, 0.5) is 0 Å². The lowest BCUT2D eigenvalue weighted by Gasteiger charge is -2.12. The minimum atomic E-state index is -1.16. The number of aromatic nitrogens is 3. The number of rotatable bonds is 7. The predicted octanol–water partition coefficient (Wildman–Crippen LogP) is 1.49. The van der Waals surface area contributed by atoms with Crippen LogP contribution in [0.2, 0.25) is 0 Å². The lowest BCUT2D eigenvalue weighted by molar-refractivity contribution is 0.263. The SMILES string of the molecule is CCOc1ccccc1OCCn1cnnc1[S@](C)=O. The van der Waals surface area contributed by atoms with E-state index in [2.05, 4.69) is 10.2 Å². The van der Waals surface area contributed by atoms with Gasteiger partial charge in [0.1, 0.15) is 12.9 Å². The molecule has 0 saturated carbocycles. The standard InChI is InChI=1S/C13H17N3O3S/c1-3-18-11-6-4-5-7-12(11)19-9-8-16-10-14-15-13(16)20(2)17/h4-7,10H,3,8-9H2,1-2H3/t20-/m0/s1. The Morgan fingerprint density at radius 1 is 1.25 bits per heavy atom. The number of ether oxygens (including phenoxy) is 2. The minimum absolute atomic E-state index is 0.423. The van der Waals surface area contributed by atoms with Gasteiger partial charge in [-0.25, -0.2) is 0 Å². The quantitative estimate of drug-likeness (QED) is 0.774. The Bertz CT molecular complexity index is 586. The smallest absolute Gasteiger partial charge is 0.221 e. The van der Waals surface area contributed by atoms with E-state index in [1.54, 1.807) is 17.2 Å². The van der Waals surface area contributed by atoms with Gasteiger partial charge >= 0.3 is 0 Å². The summed E-state index contributed by atoms with van der Waals surface area (Å²) in [6, 6.07) is 7.51. The maximum Gasteiger partial charge on any atom is 0.221 e. The second-order valence-corrected chi connectivity index (χ2v) is 5.26. The summed E-state index contributed by atoms with van der Waals surface area (Å²) in [4.78, 5) is 0. The molecule has 0 bridgehead atoms. The molecule has 1 heterocycles. The van der Waals surface area contributed by atoms with Crippen LogP contribution >= 0.6 is 0 Å². The maximum absolute atomic E-state index is 11.4. The van der Waals surface area contributed by atoms with E-state index in [4.69, 9.17) is 9.47 Å². The average molecular weight is 295 g/mol. The zero-order valence-corrected chi connectivity index (χ0v) is 12.3. The van der Waals surface area contributed by atoms with Crippen LogP contribution in [-0.2, 0) is 17.3 Å². The Morgan fingerprint density at radius 3 is 2.60 bits per heavy atom. The molecule has 0 aliphatic rings. The molecular weight excluding hydrogens is 278 g/mol. The summed E-state index contributed by atoms with van der Waals surface area (Å²) in [7, 11) is -1.16. The molecule has 1 atom stereocenters. The summed E-state index contributed by atoms with van der Waals surface area (Å²) in [6.45, 7) is 3.47. The highest BCUT2D eigenvalue weighted by Gasteiger charge is 2.08. The van der Waals surface area contributed by atoms with Gasteiger partial charge in [0.25, 0.3) is 0 Å². The highest BCUT2D eigenvalue weighted by Crippen LogP contribution is 2.26. The van der Waals surface area contributed by atoms with Crippen molar-refractivity contribution in [2.75, 3.05) is 19.5 Å². The lowest BCUT2D eigenvalue weighted by atomic mass is 10.3. The van der Waals surface area contributed by atoms with Crippen molar-refractivity contribution in [2.24, 2.45) is 0 Å². The summed E-state index contributed by atoms with van der Waals surface area (Å²) in [6.07, 6.45) is 3.13. The van der Waals surface area contributed by atoms with Crippen LogP contribution in [0.15, 0.2) is 35.7 Å². The molecule has 2 aromatic rings. The number of hydrogen-bond donors (Lipinski definition) is 0. The van der Waals surface area contributed by atoms with Gasteiger partial charge in [-0.05, 0) is 19.1 Å². The second kappa shape index (κ2) is 7.04. The molecular formula is C13H17N3O3S. The fourth-order valence-corrected chi connectivity index (χ4v) is 2.35. The Labute approximate surface area is 120 Å². The third kappa shape index (κ3) is 3.57. The van der Waals surface area contributed by atoms with Gasteiger partial charge in [-0.2, -0.15) is 0 Å². The maximum atomic E-state index is 11.4. The van der Waals surface area contributed by atoms with Crippen molar-refractivity contribution in [3.63, 3.8) is 0 Å². The van der Waals surface area contributed by atoms with Crippen molar-refractivity contribution in [3.8, 4) is 11.5 Å². The van der Waals surface area contributed by atoms with E-state index >= 15 is 0 Å². The summed E-state index contributed by atoms with van der Waals surface area (Å²) in [5.74, 6) is 1.42. The highest BCUT2D eigenvalue weighted by atomic mass is 32.2. The van der Waals surface area contributed by atoms with E-state index in [0.717, 1.165) is 5.75 Å². The first-order valence-corrected chi connectivity index (χ1v) is 7.84. The third-order valence-electron chi connectivity index (χ3n) is 2.58. The van der Waals surface area contributed by atoms with Crippen LogP contribution in [-0.4, -0.2) is 38.4 Å². The Morgan fingerprint density at radius 2 is 1.95 bits per heavy atom. The molecule has 0 radical (unpaired) electrons. The van der Waals surface area contributed by atoms with Crippen molar-refractivity contribution in [1.29, 1.82) is 0 Å². The molecule has 0 fully saturated rings. The molecule has 1 aromatic carbocycles. The topological polar surface area (TPSA) is 66.2 Å². The molecule has 0 spiro atoms. The molecule has 1 aromatic heterocycles. The van der Waals surface area contributed by atoms with Crippen molar-refractivity contribution >= 4 is 10.8 Å². The average Bonchev–Trinajstić information content (AvgIpc) is 2.90. The van der Waals surface area contributed by atoms with Crippen LogP contribution in [0.5, 0.6) is 11.5 Å². The summed E-state index contributed by atoms with van der Waals surface area (Å²) < 4.78 is 24.3. The number of nitrogens with zero attached hydrogens (tertiary/aromatic N) is 3. The van der Waals surface area contributed by atoms with Crippen LogP contribution < -0.4 is 9.47 Å². The monoisotopic (exact) mass is 295 g/mol. The largest absolute Gasteiger partial charge is 0.490 e. The van der Waals surface area contributed by atoms with E-state index in [9.17, 15) is 4.21 Å². The van der Waals surface area contributed by atoms with E-state index < -0.39 is 10.8 Å². The summed E-state index contributed by atoms with van der Waals surface area (Å²) in [5.41, 5.74) is 0.